The van der Waals surface area contributed by atoms with E-state index in [2.05, 4.69) is 9.72 Å². The van der Waals surface area contributed by atoms with Gasteiger partial charge in [0.05, 0.1) is 12.1 Å². The molecule has 11 heteroatoms. The van der Waals surface area contributed by atoms with E-state index in [0.29, 0.717) is 6.20 Å². The zero-order valence-corrected chi connectivity index (χ0v) is 10.0. The first-order valence-corrected chi connectivity index (χ1v) is 5.21. The van der Waals surface area contributed by atoms with Gasteiger partial charge in [0.1, 0.15) is 5.56 Å². The minimum absolute atomic E-state index is 0.574. The quantitative estimate of drug-likeness (QED) is 0.830. The number of halogens is 6. The van der Waals surface area contributed by atoms with E-state index in [1.54, 1.807) is 0 Å². The molecule has 0 atom stereocenters. The van der Waals surface area contributed by atoms with Crippen molar-refractivity contribution in [3.05, 3.63) is 23.0 Å². The fourth-order valence-electron chi connectivity index (χ4n) is 1.53. The lowest BCUT2D eigenvalue weighted by atomic mass is 10.1. The third-order valence-corrected chi connectivity index (χ3v) is 2.23. The highest BCUT2D eigenvalue weighted by Gasteiger charge is 2.43. The molecule has 0 bridgehead atoms. The fraction of sp³-hybridized carbons (Fsp3) is 0.400. The molecule has 0 radical (unpaired) electrons. The molecule has 1 heterocycles. The Labute approximate surface area is 113 Å². The molecule has 1 aromatic heterocycles. The van der Waals surface area contributed by atoms with Crippen LogP contribution in [0.25, 0.3) is 0 Å². The summed E-state index contributed by atoms with van der Waals surface area (Å²) >= 11 is 0. The summed E-state index contributed by atoms with van der Waals surface area (Å²) in [6.07, 6.45) is -11.3. The molecule has 1 aromatic rings. The molecule has 0 saturated heterocycles. The van der Waals surface area contributed by atoms with Crippen molar-refractivity contribution in [3.8, 4) is 5.75 Å². The predicted octanol–water partition coefficient (Wildman–Crippen LogP) is 2.08. The Morgan fingerprint density at radius 3 is 2.24 bits per heavy atom. The summed E-state index contributed by atoms with van der Waals surface area (Å²) in [4.78, 5) is 13.8. The van der Waals surface area contributed by atoms with Crippen LogP contribution in [0.3, 0.4) is 0 Å². The van der Waals surface area contributed by atoms with Gasteiger partial charge in [-0.25, -0.2) is 0 Å². The molecule has 0 unspecified atom stereocenters. The van der Waals surface area contributed by atoms with E-state index in [1.807, 2.05) is 0 Å². The highest BCUT2D eigenvalue weighted by Crippen LogP contribution is 2.42. The second kappa shape index (κ2) is 5.76. The van der Waals surface area contributed by atoms with Gasteiger partial charge in [0, 0.05) is 12.7 Å². The molecule has 0 amide bonds. The minimum Gasteiger partial charge on any atom is -0.481 e. The lowest BCUT2D eigenvalue weighted by molar-refractivity contribution is -0.276. The summed E-state index contributed by atoms with van der Waals surface area (Å²) in [5.74, 6) is -3.36. The minimum atomic E-state index is -5.44. The number of carbonyl (C=O) groups is 1. The lowest BCUT2D eigenvalue weighted by Gasteiger charge is -2.20. The number of ether oxygens (including phenoxy) is 1. The number of alkyl halides is 6. The number of nitrogens with zero attached hydrogens (tertiary/aromatic N) is 1. The van der Waals surface area contributed by atoms with Gasteiger partial charge < -0.3 is 15.6 Å². The molecule has 0 aliphatic rings. The Hall–Kier alpha value is -2.04. The summed E-state index contributed by atoms with van der Waals surface area (Å²) in [5.41, 5.74) is 1.52. The fourth-order valence-corrected chi connectivity index (χ4v) is 1.53. The second-order valence-corrected chi connectivity index (χ2v) is 3.75. The van der Waals surface area contributed by atoms with Gasteiger partial charge in [-0.05, 0) is 5.56 Å². The third kappa shape index (κ3) is 4.48. The molecule has 1 rings (SSSR count). The summed E-state index contributed by atoms with van der Waals surface area (Å²) in [5, 5.41) is 8.53. The molecule has 5 nitrogen and oxygen atoms in total. The van der Waals surface area contributed by atoms with Gasteiger partial charge in [0.15, 0.2) is 5.75 Å². The number of hydrogen-bond acceptors (Lipinski definition) is 4. The Bertz CT molecular complexity index is 541. The van der Waals surface area contributed by atoms with Crippen LogP contribution in [-0.2, 0) is 23.9 Å². The number of pyridine rings is 1. The van der Waals surface area contributed by atoms with Crippen molar-refractivity contribution in [3.63, 3.8) is 0 Å². The van der Waals surface area contributed by atoms with Gasteiger partial charge in [-0.2, -0.15) is 13.2 Å². The van der Waals surface area contributed by atoms with Crippen LogP contribution in [0.1, 0.15) is 16.8 Å². The van der Waals surface area contributed by atoms with Gasteiger partial charge >= 0.3 is 18.5 Å². The molecule has 0 saturated carbocycles. The van der Waals surface area contributed by atoms with Crippen LogP contribution in [0.4, 0.5) is 26.3 Å². The average molecular weight is 318 g/mol. The largest absolute Gasteiger partial charge is 0.573 e. The van der Waals surface area contributed by atoms with Crippen molar-refractivity contribution in [2.75, 3.05) is 0 Å². The third-order valence-electron chi connectivity index (χ3n) is 2.23. The molecule has 0 aliphatic heterocycles. The lowest BCUT2D eigenvalue weighted by Crippen LogP contribution is -2.24. The SMILES string of the molecule is NCc1cnc(CC(=O)O)c(OC(F)(F)F)c1C(F)(F)F. The normalized spacial score (nSPS) is 12.3. The summed E-state index contributed by atoms with van der Waals surface area (Å²) < 4.78 is 78.9. The monoisotopic (exact) mass is 318 g/mol. The van der Waals surface area contributed by atoms with Crippen LogP contribution in [-0.4, -0.2) is 22.4 Å². The number of nitrogens with two attached hydrogens (primary N) is 1. The molecule has 0 aliphatic carbocycles. The number of aliphatic carboxylic acids is 1. The number of carboxylic acid groups (broad SMARTS) is 1. The molecular weight excluding hydrogens is 310 g/mol. The predicted molar refractivity (Wildman–Crippen MR) is 55.2 cm³/mol. The van der Waals surface area contributed by atoms with Crippen LogP contribution in [0.5, 0.6) is 5.75 Å². The van der Waals surface area contributed by atoms with Crippen LogP contribution < -0.4 is 10.5 Å². The van der Waals surface area contributed by atoms with Crippen LogP contribution >= 0.6 is 0 Å². The van der Waals surface area contributed by atoms with Crippen LogP contribution in [0.2, 0.25) is 0 Å². The molecule has 0 spiro atoms. The molecule has 0 aromatic carbocycles. The molecule has 0 fully saturated rings. The summed E-state index contributed by atoms with van der Waals surface area (Å²) in [7, 11) is 0. The van der Waals surface area contributed by atoms with Crippen molar-refractivity contribution < 1.29 is 41.0 Å². The van der Waals surface area contributed by atoms with Crippen molar-refractivity contribution in [1.29, 1.82) is 0 Å². The maximum atomic E-state index is 12.9. The Balaban J connectivity index is 3.58. The smallest absolute Gasteiger partial charge is 0.481 e. The van der Waals surface area contributed by atoms with Gasteiger partial charge in [-0.15, -0.1) is 13.2 Å². The number of carboxylic acids is 1. The standard InChI is InChI=1S/C10H8F6N2O3/c11-9(12,13)7-4(2-17)3-18-5(1-6(19)20)8(7)21-10(14,15)16/h3H,1-2,17H2,(H,19,20). The Morgan fingerprint density at radius 1 is 1.29 bits per heavy atom. The zero-order chi connectivity index (χ0) is 16.4. The zero-order valence-electron chi connectivity index (χ0n) is 10.0. The maximum Gasteiger partial charge on any atom is 0.573 e. The van der Waals surface area contributed by atoms with Crippen molar-refractivity contribution >= 4 is 5.97 Å². The average Bonchev–Trinajstić information content (AvgIpc) is 2.26. The summed E-state index contributed by atoms with van der Waals surface area (Å²) in [6.45, 7) is -0.747. The summed E-state index contributed by atoms with van der Waals surface area (Å²) in [6, 6.07) is 0. The second-order valence-electron chi connectivity index (χ2n) is 3.75. The van der Waals surface area contributed by atoms with E-state index < -0.39 is 54.0 Å². The van der Waals surface area contributed by atoms with Crippen molar-refractivity contribution in [1.82, 2.24) is 4.98 Å². The van der Waals surface area contributed by atoms with Crippen molar-refractivity contribution in [2.24, 2.45) is 5.73 Å². The van der Waals surface area contributed by atoms with Gasteiger partial charge in [-0.1, -0.05) is 0 Å². The van der Waals surface area contributed by atoms with Crippen molar-refractivity contribution in [2.45, 2.75) is 25.5 Å². The molecule has 3 N–H and O–H groups in total. The van der Waals surface area contributed by atoms with E-state index in [4.69, 9.17) is 10.8 Å². The topological polar surface area (TPSA) is 85.4 Å². The van der Waals surface area contributed by atoms with E-state index in [9.17, 15) is 31.1 Å². The van der Waals surface area contributed by atoms with E-state index in [1.165, 1.54) is 0 Å². The van der Waals surface area contributed by atoms with Gasteiger partial charge in [0.25, 0.3) is 0 Å². The van der Waals surface area contributed by atoms with E-state index >= 15 is 0 Å². The number of rotatable bonds is 4. The first kappa shape index (κ1) is 17.0. The maximum absolute atomic E-state index is 12.9. The number of aromatic nitrogens is 1. The van der Waals surface area contributed by atoms with Gasteiger partial charge in [0.2, 0.25) is 0 Å². The van der Waals surface area contributed by atoms with Crippen LogP contribution in [0.15, 0.2) is 6.20 Å². The Morgan fingerprint density at radius 2 is 1.86 bits per heavy atom. The first-order chi connectivity index (χ1) is 9.45. The molecule has 21 heavy (non-hydrogen) atoms. The van der Waals surface area contributed by atoms with Crippen LogP contribution in [0, 0.1) is 0 Å². The molecule has 118 valence electrons. The highest BCUT2D eigenvalue weighted by molar-refractivity contribution is 5.71. The van der Waals surface area contributed by atoms with E-state index in [0.717, 1.165) is 0 Å². The first-order valence-electron chi connectivity index (χ1n) is 5.21. The Kier molecular flexibility index (Phi) is 4.66. The highest BCUT2D eigenvalue weighted by atomic mass is 19.4. The van der Waals surface area contributed by atoms with Gasteiger partial charge in [-0.3, -0.25) is 9.78 Å². The van der Waals surface area contributed by atoms with E-state index in [-0.39, 0.29) is 0 Å². The number of hydrogen-bond donors (Lipinski definition) is 2. The molecular formula is C10H8F6N2O3.